The zero-order valence-electron chi connectivity index (χ0n) is 16.2. The van der Waals surface area contributed by atoms with Crippen molar-refractivity contribution in [3.8, 4) is 0 Å². The number of hydrogen-bond acceptors (Lipinski definition) is 3. The zero-order valence-corrected chi connectivity index (χ0v) is 16.2. The van der Waals surface area contributed by atoms with Crippen LogP contribution >= 0.6 is 0 Å². The van der Waals surface area contributed by atoms with Gasteiger partial charge in [0.25, 0.3) is 0 Å². The van der Waals surface area contributed by atoms with Crippen LogP contribution in [0.3, 0.4) is 0 Å². The average molecular weight is 364 g/mol. The normalized spacial score (nSPS) is 11.2. The van der Waals surface area contributed by atoms with Crippen molar-refractivity contribution in [2.75, 3.05) is 13.1 Å². The number of benzene rings is 2. The minimum absolute atomic E-state index is 0.0606. The molecule has 0 aliphatic carbocycles. The van der Waals surface area contributed by atoms with Gasteiger partial charge in [0.2, 0.25) is 5.91 Å². The smallest absolute Gasteiger partial charge is 0.222 e. The van der Waals surface area contributed by atoms with E-state index in [4.69, 9.17) is 0 Å². The molecule has 5 nitrogen and oxygen atoms in total. The first-order chi connectivity index (χ1) is 13.2. The van der Waals surface area contributed by atoms with Crippen molar-refractivity contribution in [1.29, 1.82) is 0 Å². The Labute approximate surface area is 161 Å². The molecule has 2 aromatic carbocycles. The molecule has 1 aromatic heterocycles. The molecule has 0 fully saturated rings. The number of imidazole rings is 1. The van der Waals surface area contributed by atoms with Gasteiger partial charge in [-0.3, -0.25) is 9.69 Å². The van der Waals surface area contributed by atoms with E-state index < -0.39 is 0 Å². The highest BCUT2D eigenvalue weighted by Gasteiger charge is 2.09. The van der Waals surface area contributed by atoms with Gasteiger partial charge in [0.15, 0.2) is 0 Å². The van der Waals surface area contributed by atoms with Crippen molar-refractivity contribution in [2.45, 2.75) is 39.9 Å². The van der Waals surface area contributed by atoms with Crippen LogP contribution in [0.25, 0.3) is 11.0 Å². The second kappa shape index (κ2) is 9.33. The average Bonchev–Trinajstić information content (AvgIpc) is 3.12. The molecule has 0 aliphatic heterocycles. The maximum absolute atomic E-state index is 12.3. The van der Waals surface area contributed by atoms with E-state index in [1.54, 1.807) is 6.33 Å². The van der Waals surface area contributed by atoms with Crippen LogP contribution in [-0.4, -0.2) is 33.4 Å². The fourth-order valence-corrected chi connectivity index (χ4v) is 3.26. The lowest BCUT2D eigenvalue weighted by Gasteiger charge is -2.20. The number of rotatable bonds is 9. The summed E-state index contributed by atoms with van der Waals surface area (Å²) in [4.78, 5) is 19.1. The van der Waals surface area contributed by atoms with Crippen LogP contribution in [0.4, 0.5) is 0 Å². The molecule has 0 saturated carbocycles. The fourth-order valence-electron chi connectivity index (χ4n) is 3.26. The molecule has 0 saturated heterocycles. The number of amides is 1. The topological polar surface area (TPSA) is 50.2 Å². The molecular weight excluding hydrogens is 336 g/mol. The summed E-state index contributed by atoms with van der Waals surface area (Å²) in [7, 11) is 0. The molecule has 0 unspecified atom stereocenters. The highest BCUT2D eigenvalue weighted by molar-refractivity contribution is 5.77. The number of aryl methyl sites for hydroxylation is 1. The van der Waals surface area contributed by atoms with Gasteiger partial charge in [0.1, 0.15) is 0 Å². The molecule has 0 aliphatic rings. The number of carbonyl (C=O) groups is 1. The third-order valence-electron chi connectivity index (χ3n) is 4.99. The summed E-state index contributed by atoms with van der Waals surface area (Å²) in [6.07, 6.45) is 2.25. The van der Waals surface area contributed by atoms with E-state index in [0.29, 0.717) is 19.5 Å². The summed E-state index contributed by atoms with van der Waals surface area (Å²) in [5.74, 6) is 0.0606. The molecule has 142 valence electrons. The van der Waals surface area contributed by atoms with E-state index in [9.17, 15) is 4.79 Å². The Bertz CT molecular complexity index is 883. The van der Waals surface area contributed by atoms with Crippen molar-refractivity contribution in [3.05, 3.63) is 66.0 Å². The molecule has 1 N–H and O–H groups in total. The monoisotopic (exact) mass is 364 g/mol. The molecule has 1 heterocycles. The van der Waals surface area contributed by atoms with Gasteiger partial charge < -0.3 is 9.88 Å². The third kappa shape index (κ3) is 4.95. The largest absolute Gasteiger partial charge is 0.352 e. The Morgan fingerprint density at radius 3 is 2.52 bits per heavy atom. The highest BCUT2D eigenvalue weighted by Crippen LogP contribution is 2.13. The predicted molar refractivity (Wildman–Crippen MR) is 109 cm³/mol. The van der Waals surface area contributed by atoms with Crippen molar-refractivity contribution >= 4 is 16.9 Å². The minimum atomic E-state index is 0.0606. The second-order valence-corrected chi connectivity index (χ2v) is 6.68. The Kier molecular flexibility index (Phi) is 6.60. The highest BCUT2D eigenvalue weighted by atomic mass is 16.1. The molecule has 1 amide bonds. The maximum Gasteiger partial charge on any atom is 0.222 e. The summed E-state index contributed by atoms with van der Waals surface area (Å²) < 4.78 is 2.03. The molecule has 0 radical (unpaired) electrons. The summed E-state index contributed by atoms with van der Waals surface area (Å²) in [6.45, 7) is 8.52. The van der Waals surface area contributed by atoms with E-state index >= 15 is 0 Å². The standard InChI is InChI=1S/C22H28N4O/c1-3-25(4-2)16-19-10-6-5-9-18(19)15-23-22(27)13-14-26-17-24-20-11-7-8-12-21(20)26/h5-12,17H,3-4,13-16H2,1-2H3,(H,23,27). The zero-order chi connectivity index (χ0) is 19.1. The number of carbonyl (C=O) groups excluding carboxylic acids is 1. The quantitative estimate of drug-likeness (QED) is 0.631. The molecule has 3 rings (SSSR count). The third-order valence-corrected chi connectivity index (χ3v) is 4.99. The fraction of sp³-hybridized carbons (Fsp3) is 0.364. The van der Waals surface area contributed by atoms with Crippen LogP contribution < -0.4 is 5.32 Å². The Morgan fingerprint density at radius 2 is 1.74 bits per heavy atom. The summed E-state index contributed by atoms with van der Waals surface area (Å²) >= 11 is 0. The lowest BCUT2D eigenvalue weighted by Crippen LogP contribution is -2.26. The van der Waals surface area contributed by atoms with Crippen LogP contribution in [0.1, 0.15) is 31.4 Å². The molecule has 0 atom stereocenters. The van der Waals surface area contributed by atoms with Crippen LogP contribution in [-0.2, 0) is 24.4 Å². The lowest BCUT2D eigenvalue weighted by atomic mass is 10.1. The molecule has 0 spiro atoms. The predicted octanol–water partition coefficient (Wildman–Crippen LogP) is 3.58. The van der Waals surface area contributed by atoms with Gasteiger partial charge in [-0.2, -0.15) is 0 Å². The maximum atomic E-state index is 12.3. The van der Waals surface area contributed by atoms with Crippen molar-refractivity contribution in [1.82, 2.24) is 19.8 Å². The minimum Gasteiger partial charge on any atom is -0.352 e. The summed E-state index contributed by atoms with van der Waals surface area (Å²) in [5.41, 5.74) is 4.49. The van der Waals surface area contributed by atoms with Gasteiger partial charge in [0.05, 0.1) is 17.4 Å². The van der Waals surface area contributed by atoms with Crippen molar-refractivity contribution in [3.63, 3.8) is 0 Å². The SMILES string of the molecule is CCN(CC)Cc1ccccc1CNC(=O)CCn1cnc2ccccc21. The number of aromatic nitrogens is 2. The second-order valence-electron chi connectivity index (χ2n) is 6.68. The summed E-state index contributed by atoms with van der Waals surface area (Å²) in [5, 5.41) is 3.07. The molecule has 27 heavy (non-hydrogen) atoms. The first-order valence-electron chi connectivity index (χ1n) is 9.67. The number of fused-ring (bicyclic) bond motifs is 1. The van der Waals surface area contributed by atoms with Crippen LogP contribution in [0, 0.1) is 0 Å². The van der Waals surface area contributed by atoms with Crippen molar-refractivity contribution in [2.24, 2.45) is 0 Å². The van der Waals surface area contributed by atoms with E-state index in [0.717, 1.165) is 30.7 Å². The van der Waals surface area contributed by atoms with E-state index in [-0.39, 0.29) is 5.91 Å². The van der Waals surface area contributed by atoms with Gasteiger partial charge in [-0.25, -0.2) is 4.98 Å². The van der Waals surface area contributed by atoms with Crippen LogP contribution in [0.15, 0.2) is 54.9 Å². The van der Waals surface area contributed by atoms with Gasteiger partial charge in [-0.05, 0) is 36.3 Å². The molecular formula is C22H28N4O. The number of hydrogen-bond donors (Lipinski definition) is 1. The summed E-state index contributed by atoms with van der Waals surface area (Å²) in [6, 6.07) is 16.3. The van der Waals surface area contributed by atoms with Crippen LogP contribution in [0.5, 0.6) is 0 Å². The lowest BCUT2D eigenvalue weighted by molar-refractivity contribution is -0.121. The van der Waals surface area contributed by atoms with Gasteiger partial charge in [-0.15, -0.1) is 0 Å². The van der Waals surface area contributed by atoms with E-state index in [1.165, 1.54) is 11.1 Å². The Morgan fingerprint density at radius 1 is 1.04 bits per heavy atom. The van der Waals surface area contributed by atoms with Crippen LogP contribution in [0.2, 0.25) is 0 Å². The Balaban J connectivity index is 1.55. The first kappa shape index (κ1) is 19.1. The van der Waals surface area contributed by atoms with E-state index in [2.05, 4.69) is 47.2 Å². The number of para-hydroxylation sites is 2. The van der Waals surface area contributed by atoms with Gasteiger partial charge >= 0.3 is 0 Å². The number of nitrogens with one attached hydrogen (secondary N) is 1. The molecule has 0 bridgehead atoms. The first-order valence-corrected chi connectivity index (χ1v) is 9.67. The number of nitrogens with zero attached hydrogens (tertiary/aromatic N) is 3. The molecule has 3 aromatic rings. The van der Waals surface area contributed by atoms with Gasteiger partial charge in [-0.1, -0.05) is 50.2 Å². The van der Waals surface area contributed by atoms with Gasteiger partial charge in [0, 0.05) is 26.1 Å². The Hall–Kier alpha value is -2.66. The van der Waals surface area contributed by atoms with Crippen molar-refractivity contribution < 1.29 is 4.79 Å². The molecule has 5 heteroatoms. The van der Waals surface area contributed by atoms with E-state index in [1.807, 2.05) is 34.9 Å².